The molecule has 1 unspecified atom stereocenters. The average molecular weight is 217 g/mol. The van der Waals surface area contributed by atoms with Crippen LogP contribution in [-0.2, 0) is 0 Å². The van der Waals surface area contributed by atoms with E-state index < -0.39 is 0 Å². The van der Waals surface area contributed by atoms with E-state index >= 15 is 0 Å². The van der Waals surface area contributed by atoms with Crippen molar-refractivity contribution in [2.75, 3.05) is 6.54 Å². The van der Waals surface area contributed by atoms with Crippen molar-refractivity contribution in [2.45, 2.75) is 26.8 Å². The molecule has 1 aromatic rings. The first-order valence-electron chi connectivity index (χ1n) is 5.02. The Morgan fingerprint density at radius 2 is 2.06 bits per heavy atom. The minimum Gasteiger partial charge on any atom is -0.328 e. The third-order valence-electron chi connectivity index (χ3n) is 2.56. The van der Waals surface area contributed by atoms with Crippen LogP contribution in [0.5, 0.6) is 0 Å². The third kappa shape index (κ3) is 2.05. The maximum Gasteiger partial charge on any atom is 0.176 e. The number of hydrogen-bond donors (Lipinski definition) is 1. The molecule has 0 saturated heterocycles. The van der Waals surface area contributed by atoms with Gasteiger partial charge in [-0.15, -0.1) is 0 Å². The maximum atomic E-state index is 9.03. The van der Waals surface area contributed by atoms with Crippen LogP contribution in [0.2, 0.25) is 0 Å². The Labute approximate surface area is 95.1 Å². The highest BCUT2D eigenvalue weighted by atomic mass is 15.1. The molecule has 0 aliphatic heterocycles. The van der Waals surface area contributed by atoms with Gasteiger partial charge in [0.2, 0.25) is 0 Å². The fourth-order valence-corrected chi connectivity index (χ4v) is 1.67. The van der Waals surface area contributed by atoms with E-state index in [9.17, 15) is 0 Å². The van der Waals surface area contributed by atoms with Crippen LogP contribution in [0.1, 0.15) is 38.2 Å². The average Bonchev–Trinajstić information content (AvgIpc) is 2.59. The standard InChI is InChI=1S/C11H15N5/c1-11(2,3)10(6-14)16-7-15-8(4-12)9(16)5-13/h7,10H,6,14H2,1-3H3. The van der Waals surface area contributed by atoms with Gasteiger partial charge in [0.15, 0.2) is 11.4 Å². The second kappa shape index (κ2) is 4.34. The number of rotatable bonds is 2. The Kier molecular flexibility index (Phi) is 3.31. The molecule has 2 N–H and O–H groups in total. The number of imidazole rings is 1. The van der Waals surface area contributed by atoms with Crippen LogP contribution in [0, 0.1) is 28.1 Å². The zero-order valence-electron chi connectivity index (χ0n) is 9.73. The molecule has 1 rings (SSSR count). The molecule has 16 heavy (non-hydrogen) atoms. The van der Waals surface area contributed by atoms with Gasteiger partial charge >= 0.3 is 0 Å². The van der Waals surface area contributed by atoms with Crippen molar-refractivity contribution in [2.24, 2.45) is 11.1 Å². The number of hydrogen-bond acceptors (Lipinski definition) is 4. The van der Waals surface area contributed by atoms with E-state index in [4.69, 9.17) is 16.3 Å². The van der Waals surface area contributed by atoms with Gasteiger partial charge in [-0.1, -0.05) is 20.8 Å². The minimum absolute atomic E-state index is 0.0447. The topological polar surface area (TPSA) is 91.4 Å². The number of nitriles is 2. The van der Waals surface area contributed by atoms with E-state index in [1.54, 1.807) is 4.57 Å². The molecule has 5 heteroatoms. The van der Waals surface area contributed by atoms with E-state index in [1.165, 1.54) is 6.33 Å². The zero-order chi connectivity index (χ0) is 12.3. The summed E-state index contributed by atoms with van der Waals surface area (Å²) in [5.41, 5.74) is 6.08. The quantitative estimate of drug-likeness (QED) is 0.804. The van der Waals surface area contributed by atoms with Crippen LogP contribution in [-0.4, -0.2) is 16.1 Å². The van der Waals surface area contributed by atoms with Crippen LogP contribution in [0.3, 0.4) is 0 Å². The van der Waals surface area contributed by atoms with E-state index in [-0.39, 0.29) is 22.8 Å². The summed E-state index contributed by atoms with van der Waals surface area (Å²) in [6, 6.07) is 3.86. The van der Waals surface area contributed by atoms with Crippen molar-refractivity contribution in [3.63, 3.8) is 0 Å². The Balaban J connectivity index is 3.29. The largest absolute Gasteiger partial charge is 0.328 e. The Morgan fingerprint density at radius 1 is 1.44 bits per heavy atom. The van der Waals surface area contributed by atoms with Crippen molar-refractivity contribution in [3.05, 3.63) is 17.7 Å². The van der Waals surface area contributed by atoms with Gasteiger partial charge in [-0.3, -0.25) is 0 Å². The predicted molar refractivity (Wildman–Crippen MR) is 59.2 cm³/mol. The SMILES string of the molecule is CC(C)(C)C(CN)n1cnc(C#N)c1C#N. The fraction of sp³-hybridized carbons (Fsp3) is 0.545. The molecule has 5 nitrogen and oxygen atoms in total. The zero-order valence-corrected chi connectivity index (χ0v) is 9.73. The second-order valence-corrected chi connectivity index (χ2v) is 4.69. The highest BCUT2D eigenvalue weighted by Crippen LogP contribution is 2.30. The molecule has 0 radical (unpaired) electrons. The summed E-state index contributed by atoms with van der Waals surface area (Å²) < 4.78 is 1.69. The summed E-state index contributed by atoms with van der Waals surface area (Å²) in [4.78, 5) is 3.91. The fourth-order valence-electron chi connectivity index (χ4n) is 1.67. The highest BCUT2D eigenvalue weighted by molar-refractivity contribution is 5.36. The molecular weight excluding hydrogens is 202 g/mol. The van der Waals surface area contributed by atoms with Crippen molar-refractivity contribution in [1.82, 2.24) is 9.55 Å². The van der Waals surface area contributed by atoms with Crippen molar-refractivity contribution < 1.29 is 0 Å². The van der Waals surface area contributed by atoms with E-state index in [0.717, 1.165) is 0 Å². The summed E-state index contributed by atoms with van der Waals surface area (Å²) in [6.45, 7) is 6.52. The Morgan fingerprint density at radius 3 is 2.44 bits per heavy atom. The molecule has 84 valence electrons. The van der Waals surface area contributed by atoms with E-state index in [2.05, 4.69) is 4.98 Å². The maximum absolute atomic E-state index is 9.03. The molecule has 0 aliphatic rings. The molecular formula is C11H15N5. The van der Waals surface area contributed by atoms with Gasteiger partial charge in [-0.05, 0) is 5.41 Å². The summed E-state index contributed by atoms with van der Waals surface area (Å²) in [7, 11) is 0. The first-order valence-corrected chi connectivity index (χ1v) is 5.02. The smallest absolute Gasteiger partial charge is 0.176 e. The summed E-state index contributed by atoms with van der Waals surface area (Å²) >= 11 is 0. The van der Waals surface area contributed by atoms with Crippen molar-refractivity contribution >= 4 is 0 Å². The third-order valence-corrected chi connectivity index (χ3v) is 2.56. The minimum atomic E-state index is -0.0895. The predicted octanol–water partition coefficient (Wildman–Crippen LogP) is 1.17. The van der Waals surface area contributed by atoms with Gasteiger partial charge in [0.1, 0.15) is 12.1 Å². The van der Waals surface area contributed by atoms with E-state index in [0.29, 0.717) is 6.54 Å². The number of aromatic nitrogens is 2. The molecule has 0 bridgehead atoms. The molecule has 1 aromatic heterocycles. The molecule has 0 saturated carbocycles. The van der Waals surface area contributed by atoms with Crippen molar-refractivity contribution in [3.8, 4) is 12.1 Å². The molecule has 1 heterocycles. The monoisotopic (exact) mass is 217 g/mol. The summed E-state index contributed by atoms with van der Waals surface area (Å²) in [5, 5.41) is 17.8. The summed E-state index contributed by atoms with van der Waals surface area (Å²) in [6.07, 6.45) is 1.51. The highest BCUT2D eigenvalue weighted by Gasteiger charge is 2.27. The molecule has 0 aromatic carbocycles. The molecule has 0 amide bonds. The molecule has 0 spiro atoms. The van der Waals surface area contributed by atoms with Crippen LogP contribution >= 0.6 is 0 Å². The number of nitrogens with zero attached hydrogens (tertiary/aromatic N) is 4. The second-order valence-electron chi connectivity index (χ2n) is 4.69. The van der Waals surface area contributed by atoms with Crippen LogP contribution in [0.25, 0.3) is 0 Å². The van der Waals surface area contributed by atoms with Gasteiger partial charge in [-0.2, -0.15) is 10.5 Å². The van der Waals surface area contributed by atoms with Gasteiger partial charge in [0.25, 0.3) is 0 Å². The van der Waals surface area contributed by atoms with Crippen LogP contribution < -0.4 is 5.73 Å². The van der Waals surface area contributed by atoms with Crippen molar-refractivity contribution in [1.29, 1.82) is 10.5 Å². The lowest BCUT2D eigenvalue weighted by atomic mass is 9.86. The normalized spacial score (nSPS) is 12.9. The Hall–Kier alpha value is -1.85. The molecule has 1 atom stereocenters. The molecule has 0 fully saturated rings. The van der Waals surface area contributed by atoms with Crippen LogP contribution in [0.15, 0.2) is 6.33 Å². The lowest BCUT2D eigenvalue weighted by Crippen LogP contribution is -2.31. The van der Waals surface area contributed by atoms with Gasteiger partial charge in [0.05, 0.1) is 12.4 Å². The van der Waals surface area contributed by atoms with E-state index in [1.807, 2.05) is 32.9 Å². The first kappa shape index (κ1) is 12.2. The van der Waals surface area contributed by atoms with Gasteiger partial charge in [-0.25, -0.2) is 4.98 Å². The van der Waals surface area contributed by atoms with Gasteiger partial charge < -0.3 is 10.3 Å². The van der Waals surface area contributed by atoms with Gasteiger partial charge in [0, 0.05) is 6.54 Å². The summed E-state index contributed by atoms with van der Waals surface area (Å²) in [5.74, 6) is 0. The lowest BCUT2D eigenvalue weighted by Gasteiger charge is -2.31. The first-order chi connectivity index (χ1) is 7.45. The van der Waals surface area contributed by atoms with Crippen LogP contribution in [0.4, 0.5) is 0 Å². The number of nitrogens with two attached hydrogens (primary N) is 1. The Bertz CT molecular complexity index is 452. The lowest BCUT2D eigenvalue weighted by molar-refractivity contribution is 0.247. The molecule has 0 aliphatic carbocycles.